The number of piperidine rings is 1. The molecule has 2 fully saturated rings. The van der Waals surface area contributed by atoms with Gasteiger partial charge in [0.05, 0.1) is 6.54 Å². The van der Waals surface area contributed by atoms with Gasteiger partial charge < -0.3 is 16.0 Å². The third kappa shape index (κ3) is 4.09. The Kier molecular flexibility index (Phi) is 4.93. The fourth-order valence-corrected chi connectivity index (χ4v) is 3.19. The predicted octanol–water partition coefficient (Wildman–Crippen LogP) is 1.17. The zero-order chi connectivity index (χ0) is 16.2. The molecule has 2 heterocycles. The van der Waals surface area contributed by atoms with Crippen LogP contribution in [0.15, 0.2) is 24.3 Å². The Labute approximate surface area is 136 Å². The number of likely N-dealkylation sites (tertiary alicyclic amines) is 1. The quantitative estimate of drug-likeness (QED) is 0.874. The second kappa shape index (κ2) is 7.10. The van der Waals surface area contributed by atoms with E-state index in [1.807, 2.05) is 24.3 Å². The van der Waals surface area contributed by atoms with E-state index in [0.717, 1.165) is 50.3 Å². The number of hydrogen-bond acceptors (Lipinski definition) is 4. The Balaban J connectivity index is 1.57. The van der Waals surface area contributed by atoms with E-state index in [1.54, 1.807) is 4.90 Å². The summed E-state index contributed by atoms with van der Waals surface area (Å²) in [6, 6.07) is 7.77. The summed E-state index contributed by atoms with van der Waals surface area (Å²) in [6.45, 7) is 2.89. The zero-order valence-corrected chi connectivity index (χ0v) is 13.3. The summed E-state index contributed by atoms with van der Waals surface area (Å²) >= 11 is 0. The minimum Gasteiger partial charge on any atom is -0.328 e. The minimum atomic E-state index is -0.0228. The maximum Gasteiger partial charge on any atom is 0.238 e. The molecule has 0 bridgehead atoms. The van der Waals surface area contributed by atoms with Crippen molar-refractivity contribution in [1.82, 2.24) is 4.90 Å². The first kappa shape index (κ1) is 16.0. The molecule has 0 aliphatic carbocycles. The third-order valence-corrected chi connectivity index (χ3v) is 4.51. The molecule has 1 aromatic rings. The highest BCUT2D eigenvalue weighted by molar-refractivity contribution is 5.97. The summed E-state index contributed by atoms with van der Waals surface area (Å²) in [6.07, 6.45) is 3.39. The van der Waals surface area contributed by atoms with E-state index in [4.69, 9.17) is 5.73 Å². The van der Waals surface area contributed by atoms with Crippen LogP contribution in [0.5, 0.6) is 0 Å². The summed E-state index contributed by atoms with van der Waals surface area (Å²) in [5.74, 6) is 0.128. The van der Waals surface area contributed by atoms with Crippen LogP contribution in [-0.2, 0) is 9.59 Å². The molecule has 6 nitrogen and oxygen atoms in total. The van der Waals surface area contributed by atoms with Gasteiger partial charge in [-0.15, -0.1) is 0 Å². The normalized spacial score (nSPS) is 20.0. The van der Waals surface area contributed by atoms with Crippen molar-refractivity contribution in [1.29, 1.82) is 0 Å². The number of nitrogens with one attached hydrogen (secondary N) is 1. The lowest BCUT2D eigenvalue weighted by molar-refractivity contribution is -0.118. The van der Waals surface area contributed by atoms with Crippen LogP contribution >= 0.6 is 0 Å². The predicted molar refractivity (Wildman–Crippen MR) is 90.3 cm³/mol. The molecule has 0 radical (unpaired) electrons. The molecule has 1 aromatic carbocycles. The lowest BCUT2D eigenvalue weighted by Crippen LogP contribution is -2.43. The molecule has 124 valence electrons. The van der Waals surface area contributed by atoms with Gasteiger partial charge in [0.2, 0.25) is 11.8 Å². The molecule has 6 heteroatoms. The van der Waals surface area contributed by atoms with E-state index in [-0.39, 0.29) is 17.9 Å². The molecule has 0 unspecified atom stereocenters. The lowest BCUT2D eigenvalue weighted by Gasteiger charge is -2.29. The Morgan fingerprint density at radius 3 is 2.74 bits per heavy atom. The van der Waals surface area contributed by atoms with Crippen molar-refractivity contribution in [2.75, 3.05) is 36.4 Å². The number of rotatable bonds is 4. The van der Waals surface area contributed by atoms with Gasteiger partial charge in [-0.05, 0) is 37.5 Å². The van der Waals surface area contributed by atoms with Crippen LogP contribution in [-0.4, -0.2) is 48.9 Å². The lowest BCUT2D eigenvalue weighted by atomic mass is 10.1. The van der Waals surface area contributed by atoms with Crippen molar-refractivity contribution in [3.05, 3.63) is 24.3 Å². The summed E-state index contributed by atoms with van der Waals surface area (Å²) in [7, 11) is 0. The van der Waals surface area contributed by atoms with Crippen molar-refractivity contribution in [3.63, 3.8) is 0 Å². The van der Waals surface area contributed by atoms with E-state index < -0.39 is 0 Å². The highest BCUT2D eigenvalue weighted by Gasteiger charge is 2.22. The van der Waals surface area contributed by atoms with Gasteiger partial charge in [-0.25, -0.2) is 0 Å². The molecule has 0 spiro atoms. The maximum absolute atomic E-state index is 12.2. The summed E-state index contributed by atoms with van der Waals surface area (Å²) < 4.78 is 0. The topological polar surface area (TPSA) is 78.7 Å². The Bertz CT molecular complexity index is 582. The number of nitrogens with two attached hydrogens (primary N) is 1. The minimum absolute atomic E-state index is 0.0228. The van der Waals surface area contributed by atoms with Crippen molar-refractivity contribution in [3.8, 4) is 0 Å². The van der Waals surface area contributed by atoms with Crippen LogP contribution in [0.4, 0.5) is 11.4 Å². The van der Waals surface area contributed by atoms with E-state index in [1.165, 1.54) is 0 Å². The molecule has 23 heavy (non-hydrogen) atoms. The zero-order valence-electron chi connectivity index (χ0n) is 13.3. The molecule has 2 saturated heterocycles. The standard InChI is InChI=1S/C17H24N4O2/c18-13-6-9-20(10-7-13)12-16(22)19-14-3-1-4-15(11-14)21-8-2-5-17(21)23/h1,3-4,11,13H,2,5-10,12,18H2,(H,19,22). The van der Waals surface area contributed by atoms with E-state index in [0.29, 0.717) is 13.0 Å². The fourth-order valence-electron chi connectivity index (χ4n) is 3.19. The molecule has 2 amide bonds. The first-order valence-corrected chi connectivity index (χ1v) is 8.30. The Hall–Kier alpha value is -1.92. The van der Waals surface area contributed by atoms with Gasteiger partial charge in [0.15, 0.2) is 0 Å². The number of carbonyl (C=O) groups is 2. The monoisotopic (exact) mass is 316 g/mol. The van der Waals surface area contributed by atoms with Gasteiger partial charge in [0, 0.05) is 43.5 Å². The average molecular weight is 316 g/mol. The average Bonchev–Trinajstić information content (AvgIpc) is 2.96. The van der Waals surface area contributed by atoms with Gasteiger partial charge in [-0.1, -0.05) is 6.07 Å². The molecule has 0 atom stereocenters. The van der Waals surface area contributed by atoms with E-state index in [9.17, 15) is 9.59 Å². The van der Waals surface area contributed by atoms with Gasteiger partial charge >= 0.3 is 0 Å². The number of carbonyl (C=O) groups excluding carboxylic acids is 2. The largest absolute Gasteiger partial charge is 0.328 e. The first-order chi connectivity index (χ1) is 11.1. The molecule has 3 rings (SSSR count). The van der Waals surface area contributed by atoms with E-state index in [2.05, 4.69) is 10.2 Å². The Morgan fingerprint density at radius 1 is 1.26 bits per heavy atom. The second-order valence-electron chi connectivity index (χ2n) is 6.36. The Morgan fingerprint density at radius 2 is 2.04 bits per heavy atom. The summed E-state index contributed by atoms with van der Waals surface area (Å²) in [5.41, 5.74) is 7.47. The van der Waals surface area contributed by atoms with E-state index >= 15 is 0 Å². The SMILES string of the molecule is NC1CCN(CC(=O)Nc2cccc(N3CCCC3=O)c2)CC1. The first-order valence-electron chi connectivity index (χ1n) is 8.30. The molecule has 2 aliphatic heterocycles. The van der Waals surface area contributed by atoms with Crippen LogP contribution in [0.1, 0.15) is 25.7 Å². The fraction of sp³-hybridized carbons (Fsp3) is 0.529. The highest BCUT2D eigenvalue weighted by atomic mass is 16.2. The number of nitrogens with zero attached hydrogens (tertiary/aromatic N) is 2. The summed E-state index contributed by atoms with van der Waals surface area (Å²) in [5, 5.41) is 2.93. The molecule has 0 aromatic heterocycles. The van der Waals surface area contributed by atoms with Crippen LogP contribution in [0.25, 0.3) is 0 Å². The van der Waals surface area contributed by atoms with Gasteiger partial charge in [-0.2, -0.15) is 0 Å². The molecular formula is C17H24N4O2. The van der Waals surface area contributed by atoms with Crippen LogP contribution < -0.4 is 16.0 Å². The number of anilines is 2. The third-order valence-electron chi connectivity index (χ3n) is 4.51. The van der Waals surface area contributed by atoms with Gasteiger partial charge in [0.1, 0.15) is 0 Å². The molecular weight excluding hydrogens is 292 g/mol. The number of amides is 2. The van der Waals surface area contributed by atoms with Crippen LogP contribution in [0.3, 0.4) is 0 Å². The van der Waals surface area contributed by atoms with Crippen LogP contribution in [0, 0.1) is 0 Å². The van der Waals surface area contributed by atoms with Gasteiger partial charge in [0.25, 0.3) is 0 Å². The second-order valence-corrected chi connectivity index (χ2v) is 6.36. The van der Waals surface area contributed by atoms with Crippen LogP contribution in [0.2, 0.25) is 0 Å². The van der Waals surface area contributed by atoms with Crippen molar-refractivity contribution in [2.45, 2.75) is 31.7 Å². The maximum atomic E-state index is 12.2. The number of hydrogen-bond donors (Lipinski definition) is 2. The smallest absolute Gasteiger partial charge is 0.238 e. The molecule has 2 aliphatic rings. The van der Waals surface area contributed by atoms with Crippen molar-refractivity contribution >= 4 is 23.2 Å². The van der Waals surface area contributed by atoms with Crippen molar-refractivity contribution in [2.24, 2.45) is 5.73 Å². The molecule has 0 saturated carbocycles. The van der Waals surface area contributed by atoms with Gasteiger partial charge in [-0.3, -0.25) is 14.5 Å². The molecule has 3 N–H and O–H groups in total. The highest BCUT2D eigenvalue weighted by Crippen LogP contribution is 2.24. The summed E-state index contributed by atoms with van der Waals surface area (Å²) in [4.78, 5) is 27.9. The van der Waals surface area contributed by atoms with Crippen molar-refractivity contribution < 1.29 is 9.59 Å². The number of benzene rings is 1.